The minimum Gasteiger partial charge on any atom is -0.595 e. The third-order valence-electron chi connectivity index (χ3n) is 3.93. The van der Waals surface area contributed by atoms with Gasteiger partial charge in [-0.25, -0.2) is 10.2 Å². The number of anilines is 1. The van der Waals surface area contributed by atoms with Gasteiger partial charge in [-0.05, 0) is 18.2 Å². The van der Waals surface area contributed by atoms with Crippen LogP contribution >= 0.6 is 0 Å². The average Bonchev–Trinajstić information content (AvgIpc) is 2.97. The zero-order valence-electron chi connectivity index (χ0n) is 12.3. The van der Waals surface area contributed by atoms with E-state index in [4.69, 9.17) is 10.9 Å². The van der Waals surface area contributed by atoms with Gasteiger partial charge < -0.3 is 20.9 Å². The maximum Gasteiger partial charge on any atom is 0.261 e. The summed E-state index contributed by atoms with van der Waals surface area (Å²) in [6.07, 6.45) is 0. The number of hydrogen-bond donors (Lipinski definition) is 5. The van der Waals surface area contributed by atoms with Crippen molar-refractivity contribution in [3.05, 3.63) is 58.0 Å². The molecule has 4 rings (SSSR count). The van der Waals surface area contributed by atoms with Gasteiger partial charge in [0.25, 0.3) is 5.56 Å². The summed E-state index contributed by atoms with van der Waals surface area (Å²) in [5, 5.41) is 19.7. The maximum absolute atomic E-state index is 12.4. The smallest absolute Gasteiger partial charge is 0.261 e. The number of nitrogens with two attached hydrogens (primary N) is 1. The quantitative estimate of drug-likeness (QED) is 0.351. The van der Waals surface area contributed by atoms with Crippen LogP contribution in [0.4, 0.5) is 11.4 Å². The van der Waals surface area contributed by atoms with Gasteiger partial charge in [-0.2, -0.15) is 5.23 Å². The summed E-state index contributed by atoms with van der Waals surface area (Å²) in [6.45, 7) is 0. The minimum absolute atomic E-state index is 0.0943. The van der Waals surface area contributed by atoms with Crippen LogP contribution in [0.5, 0.6) is 0 Å². The minimum atomic E-state index is -1.06. The summed E-state index contributed by atoms with van der Waals surface area (Å²) in [5.74, 6) is 0.345. The fourth-order valence-electron chi connectivity index (χ4n) is 2.76. The monoisotopic (exact) mass is 323 g/mol. The predicted molar refractivity (Wildman–Crippen MR) is 89.8 cm³/mol. The Hall–Kier alpha value is -3.20. The van der Waals surface area contributed by atoms with Crippen LogP contribution in [0.25, 0.3) is 33.3 Å². The van der Waals surface area contributed by atoms with Crippen molar-refractivity contribution in [1.29, 1.82) is 0 Å². The van der Waals surface area contributed by atoms with Gasteiger partial charge in [0.1, 0.15) is 11.4 Å². The number of quaternary nitrogens is 1. The van der Waals surface area contributed by atoms with Crippen LogP contribution < -0.4 is 16.5 Å². The van der Waals surface area contributed by atoms with Gasteiger partial charge in [0.05, 0.1) is 22.2 Å². The first kappa shape index (κ1) is 14.4. The van der Waals surface area contributed by atoms with E-state index in [1.54, 1.807) is 0 Å². The van der Waals surface area contributed by atoms with Crippen LogP contribution in [0.15, 0.2) is 47.3 Å². The molecule has 0 aliphatic carbocycles. The number of nitrogen functional groups attached to an aromatic ring is 1. The van der Waals surface area contributed by atoms with Gasteiger partial charge in [0.2, 0.25) is 0 Å². The van der Waals surface area contributed by atoms with E-state index in [0.717, 1.165) is 5.52 Å². The second-order valence-electron chi connectivity index (χ2n) is 5.41. The average molecular weight is 323 g/mol. The molecule has 0 bridgehead atoms. The van der Waals surface area contributed by atoms with Gasteiger partial charge >= 0.3 is 0 Å². The van der Waals surface area contributed by atoms with Crippen molar-refractivity contribution in [2.45, 2.75) is 0 Å². The van der Waals surface area contributed by atoms with Gasteiger partial charge in [-0.1, -0.05) is 12.1 Å². The summed E-state index contributed by atoms with van der Waals surface area (Å²) < 4.78 is 0. The molecule has 1 unspecified atom stereocenters. The van der Waals surface area contributed by atoms with E-state index in [-0.39, 0.29) is 22.5 Å². The molecule has 8 nitrogen and oxygen atoms in total. The molecule has 1 atom stereocenters. The lowest BCUT2D eigenvalue weighted by Crippen LogP contribution is -2.99. The summed E-state index contributed by atoms with van der Waals surface area (Å²) in [6, 6.07) is 11.8. The molecule has 2 heterocycles. The third kappa shape index (κ3) is 2.14. The van der Waals surface area contributed by atoms with E-state index in [1.165, 1.54) is 18.2 Å². The number of aromatic nitrogens is 3. The largest absolute Gasteiger partial charge is 0.595 e. The lowest BCUT2D eigenvalue weighted by molar-refractivity contribution is -0.991. The lowest BCUT2D eigenvalue weighted by atomic mass is 10.1. The van der Waals surface area contributed by atoms with Crippen LogP contribution in [0.3, 0.4) is 0 Å². The number of imidazole rings is 1. The molecule has 0 aliphatic heterocycles. The number of para-hydroxylation sites is 2. The van der Waals surface area contributed by atoms with Gasteiger partial charge in [0.15, 0.2) is 5.69 Å². The van der Waals surface area contributed by atoms with Crippen LogP contribution in [0.2, 0.25) is 0 Å². The lowest BCUT2D eigenvalue weighted by Gasteiger charge is -2.13. The molecule has 0 radical (unpaired) electrons. The highest BCUT2D eigenvalue weighted by Crippen LogP contribution is 2.29. The van der Waals surface area contributed by atoms with Crippen molar-refractivity contribution in [2.75, 3.05) is 5.73 Å². The number of hydrogen-bond acceptors (Lipinski definition) is 5. The maximum atomic E-state index is 12.4. The number of nitrogens with zero attached hydrogens (tertiary/aromatic N) is 1. The summed E-state index contributed by atoms with van der Waals surface area (Å²) in [7, 11) is 0. The zero-order valence-corrected chi connectivity index (χ0v) is 12.3. The molecule has 4 aromatic rings. The molecule has 0 saturated carbocycles. The van der Waals surface area contributed by atoms with Crippen molar-refractivity contribution >= 4 is 33.3 Å². The van der Waals surface area contributed by atoms with Gasteiger partial charge in [-0.15, -0.1) is 0 Å². The fourth-order valence-corrected chi connectivity index (χ4v) is 2.76. The Morgan fingerprint density at radius 1 is 1.12 bits per heavy atom. The molecule has 0 amide bonds. The number of H-pyrrole nitrogens is 2. The van der Waals surface area contributed by atoms with Crippen molar-refractivity contribution in [2.24, 2.45) is 0 Å². The summed E-state index contributed by atoms with van der Waals surface area (Å²) in [5.41, 5.74) is 8.23. The molecule has 0 spiro atoms. The number of rotatable bonds is 2. The van der Waals surface area contributed by atoms with E-state index >= 15 is 0 Å². The number of aromatic amines is 2. The fraction of sp³-hybridized carbons (Fsp3) is 0. The summed E-state index contributed by atoms with van der Waals surface area (Å²) in [4.78, 5) is 22.6. The topological polar surface area (TPSA) is 135 Å². The van der Waals surface area contributed by atoms with Crippen LogP contribution in [0.1, 0.15) is 0 Å². The molecule has 24 heavy (non-hydrogen) atoms. The Balaban J connectivity index is 2.02. The van der Waals surface area contributed by atoms with Crippen molar-refractivity contribution < 1.29 is 10.4 Å². The molecule has 2 aromatic heterocycles. The summed E-state index contributed by atoms with van der Waals surface area (Å²) >= 11 is 0. The van der Waals surface area contributed by atoms with E-state index in [1.807, 2.05) is 24.3 Å². The van der Waals surface area contributed by atoms with E-state index in [2.05, 4.69) is 15.0 Å². The standard InChI is InChI=1S/C16H13N5O3/c17-14-9-7-8(21(23)24)5-6-10(9)20-16(22)13(14)15-18-11-3-1-2-4-12(11)19-15/h1-7,21,23H,(H,18,19)(H3,17,20,22). The zero-order chi connectivity index (χ0) is 16.8. The first-order chi connectivity index (χ1) is 11.5. The molecule has 0 fully saturated rings. The Morgan fingerprint density at radius 3 is 2.67 bits per heavy atom. The molecule has 120 valence electrons. The van der Waals surface area contributed by atoms with Crippen molar-refractivity contribution in [1.82, 2.24) is 15.0 Å². The first-order valence-electron chi connectivity index (χ1n) is 7.18. The first-order valence-corrected chi connectivity index (χ1v) is 7.18. The predicted octanol–water partition coefficient (Wildman–Crippen LogP) is 1.06. The molecular weight excluding hydrogens is 310 g/mol. The Bertz CT molecular complexity index is 1100. The number of benzene rings is 2. The molecule has 2 aromatic carbocycles. The Kier molecular flexibility index (Phi) is 3.10. The van der Waals surface area contributed by atoms with Crippen molar-refractivity contribution in [3.8, 4) is 11.4 Å². The molecule has 0 aliphatic rings. The number of pyridine rings is 1. The highest BCUT2D eigenvalue weighted by Gasteiger charge is 2.17. The highest BCUT2D eigenvalue weighted by atomic mass is 16.8. The van der Waals surface area contributed by atoms with Crippen LogP contribution in [0, 0.1) is 5.21 Å². The van der Waals surface area contributed by atoms with Crippen LogP contribution in [-0.2, 0) is 0 Å². The molecular formula is C16H13N5O3. The third-order valence-corrected chi connectivity index (χ3v) is 3.93. The normalized spacial score (nSPS) is 12.8. The molecule has 6 N–H and O–H groups in total. The number of fused-ring (bicyclic) bond motifs is 2. The Labute approximate surface area is 134 Å². The van der Waals surface area contributed by atoms with Gasteiger partial charge in [-0.3, -0.25) is 4.79 Å². The van der Waals surface area contributed by atoms with E-state index < -0.39 is 5.23 Å². The number of nitrogens with one attached hydrogen (secondary N) is 3. The highest BCUT2D eigenvalue weighted by molar-refractivity contribution is 5.98. The van der Waals surface area contributed by atoms with E-state index in [0.29, 0.717) is 22.2 Å². The van der Waals surface area contributed by atoms with E-state index in [9.17, 15) is 10.0 Å². The molecule has 0 saturated heterocycles. The second-order valence-corrected chi connectivity index (χ2v) is 5.41. The Morgan fingerprint density at radius 2 is 1.92 bits per heavy atom. The van der Waals surface area contributed by atoms with Crippen LogP contribution in [-0.4, -0.2) is 20.2 Å². The SMILES string of the molecule is Nc1c(-c2nc3ccccc3[nH]2)c(=O)[nH]c2ccc([NH+]([O-])O)cc12. The van der Waals surface area contributed by atoms with Crippen molar-refractivity contribution in [3.63, 3.8) is 0 Å². The second kappa shape index (κ2) is 5.17. The molecule has 8 heteroatoms. The van der Waals surface area contributed by atoms with Gasteiger partial charge in [0, 0.05) is 17.5 Å².